The molecule has 0 aliphatic rings. The molecular formula is C42H66N2. The molecule has 2 unspecified atom stereocenters. The molecule has 0 radical (unpaired) electrons. The smallest absolute Gasteiger partial charge is 0.112 e. The van der Waals surface area contributed by atoms with E-state index in [-0.39, 0.29) is 5.41 Å². The first-order valence-corrected chi connectivity index (χ1v) is 18.8. The van der Waals surface area contributed by atoms with Crippen LogP contribution < -0.4 is 0 Å². The van der Waals surface area contributed by atoms with Crippen LogP contribution in [-0.2, 0) is 18.4 Å². The van der Waals surface area contributed by atoms with Crippen molar-refractivity contribution in [2.24, 2.45) is 0 Å². The summed E-state index contributed by atoms with van der Waals surface area (Å²) in [5, 5.41) is 0. The Hall–Kier alpha value is -2.35. The minimum Gasteiger partial charge on any atom is -0.335 e. The molecule has 2 heteroatoms. The quantitative estimate of drug-likeness (QED) is 0.0840. The van der Waals surface area contributed by atoms with Crippen LogP contribution in [0.1, 0.15) is 172 Å². The number of imidazole rings is 1. The van der Waals surface area contributed by atoms with Gasteiger partial charge in [-0.25, -0.2) is 4.98 Å². The van der Waals surface area contributed by atoms with Gasteiger partial charge in [-0.05, 0) is 30.4 Å². The lowest BCUT2D eigenvalue weighted by atomic mass is 9.66. The maximum absolute atomic E-state index is 5.10. The molecule has 1 heterocycles. The number of nitrogens with zero attached hydrogens (tertiary/aromatic N) is 2. The molecule has 3 rings (SSSR count). The highest BCUT2D eigenvalue weighted by molar-refractivity contribution is 5.33. The van der Waals surface area contributed by atoms with E-state index in [1.807, 2.05) is 0 Å². The lowest BCUT2D eigenvalue weighted by molar-refractivity contribution is 0.321. The first-order chi connectivity index (χ1) is 21.7. The highest BCUT2D eigenvalue weighted by Crippen LogP contribution is 2.44. The van der Waals surface area contributed by atoms with Gasteiger partial charge >= 0.3 is 0 Å². The Kier molecular flexibility index (Phi) is 18.2. The van der Waals surface area contributed by atoms with Crippen molar-refractivity contribution < 1.29 is 0 Å². The van der Waals surface area contributed by atoms with Crippen molar-refractivity contribution in [2.75, 3.05) is 0 Å². The van der Waals surface area contributed by atoms with E-state index in [2.05, 4.69) is 98.4 Å². The second-order valence-corrected chi connectivity index (χ2v) is 13.8. The molecule has 0 aliphatic carbocycles. The van der Waals surface area contributed by atoms with Crippen LogP contribution >= 0.6 is 0 Å². The fourth-order valence-corrected chi connectivity index (χ4v) is 7.25. The van der Waals surface area contributed by atoms with Crippen molar-refractivity contribution in [1.82, 2.24) is 9.55 Å². The molecule has 1 aromatic heterocycles. The molecule has 0 saturated heterocycles. The lowest BCUT2D eigenvalue weighted by Gasteiger charge is -2.39. The van der Waals surface area contributed by atoms with Crippen molar-refractivity contribution in [2.45, 2.75) is 173 Å². The highest BCUT2D eigenvalue weighted by atomic mass is 15.1. The Bertz CT molecular complexity index is 1070. The highest BCUT2D eigenvalue weighted by Gasteiger charge is 2.39. The number of rotatable bonds is 26. The number of hydrogen-bond donors (Lipinski definition) is 0. The van der Waals surface area contributed by atoms with Crippen LogP contribution in [0.4, 0.5) is 0 Å². The molecule has 0 spiro atoms. The van der Waals surface area contributed by atoms with Gasteiger partial charge in [0.2, 0.25) is 0 Å². The molecule has 3 aromatic rings. The van der Waals surface area contributed by atoms with E-state index in [4.69, 9.17) is 4.98 Å². The zero-order valence-electron chi connectivity index (χ0n) is 29.0. The first kappa shape index (κ1) is 36.1. The van der Waals surface area contributed by atoms with Crippen LogP contribution in [0.3, 0.4) is 0 Å². The standard InChI is InChI=1S/C42H66N2/c1-4-6-8-10-11-12-13-14-15-16-17-18-19-20-27-33-40(41-43-34-36-44(41)35-28-9-7-5-2)42(3,39-31-25-22-26-32-39)37-38-29-23-21-24-30-38/h21-26,29-32,34,36,40H,4-20,27-28,33,35,37H2,1-3H3. The number of hydrogen-bond acceptors (Lipinski definition) is 1. The van der Waals surface area contributed by atoms with Crippen molar-refractivity contribution in [3.63, 3.8) is 0 Å². The normalized spacial score (nSPS) is 13.6. The van der Waals surface area contributed by atoms with Crippen molar-refractivity contribution in [3.8, 4) is 0 Å². The van der Waals surface area contributed by atoms with Crippen molar-refractivity contribution in [1.29, 1.82) is 0 Å². The third kappa shape index (κ3) is 12.9. The van der Waals surface area contributed by atoms with Gasteiger partial charge in [0.15, 0.2) is 0 Å². The minimum atomic E-state index is -0.0227. The first-order valence-electron chi connectivity index (χ1n) is 18.8. The third-order valence-corrected chi connectivity index (χ3v) is 10.0. The van der Waals surface area contributed by atoms with Gasteiger partial charge in [-0.15, -0.1) is 0 Å². The largest absolute Gasteiger partial charge is 0.335 e. The predicted octanol–water partition coefficient (Wildman–Crippen LogP) is 13.0. The number of aryl methyl sites for hydroxylation is 1. The van der Waals surface area contributed by atoms with Gasteiger partial charge in [0, 0.05) is 30.3 Å². The summed E-state index contributed by atoms with van der Waals surface area (Å²) >= 11 is 0. The average Bonchev–Trinajstić information content (AvgIpc) is 3.51. The fraction of sp³-hybridized carbons (Fsp3) is 0.643. The topological polar surface area (TPSA) is 17.8 Å². The van der Waals surface area contributed by atoms with Crippen LogP contribution in [0.5, 0.6) is 0 Å². The third-order valence-electron chi connectivity index (χ3n) is 10.0. The van der Waals surface area contributed by atoms with Crippen molar-refractivity contribution in [3.05, 3.63) is 90.0 Å². The summed E-state index contributed by atoms with van der Waals surface area (Å²) in [5.74, 6) is 1.68. The molecule has 0 bridgehead atoms. The summed E-state index contributed by atoms with van der Waals surface area (Å²) in [6.07, 6.45) is 32.8. The van der Waals surface area contributed by atoms with E-state index in [9.17, 15) is 0 Å². The molecule has 0 fully saturated rings. The van der Waals surface area contributed by atoms with E-state index >= 15 is 0 Å². The minimum absolute atomic E-state index is 0.0227. The van der Waals surface area contributed by atoms with E-state index in [1.54, 1.807) is 0 Å². The monoisotopic (exact) mass is 599 g/mol. The molecule has 0 saturated carbocycles. The number of unbranched alkanes of at least 4 members (excludes halogenated alkanes) is 17. The van der Waals surface area contributed by atoms with Crippen LogP contribution in [0, 0.1) is 0 Å². The summed E-state index contributed by atoms with van der Waals surface area (Å²) in [4.78, 5) is 5.10. The number of benzene rings is 2. The molecule has 244 valence electrons. The molecule has 2 nitrogen and oxygen atoms in total. The summed E-state index contributed by atoms with van der Waals surface area (Å²) in [6.45, 7) is 8.20. The zero-order chi connectivity index (χ0) is 31.1. The van der Waals surface area contributed by atoms with Gasteiger partial charge in [-0.3, -0.25) is 0 Å². The lowest BCUT2D eigenvalue weighted by Crippen LogP contribution is -2.35. The van der Waals surface area contributed by atoms with Gasteiger partial charge < -0.3 is 4.57 Å². The van der Waals surface area contributed by atoms with E-state index < -0.39 is 0 Å². The Morgan fingerprint density at radius 1 is 0.591 bits per heavy atom. The van der Waals surface area contributed by atoms with Gasteiger partial charge in [0.25, 0.3) is 0 Å². The Balaban J connectivity index is 1.57. The second-order valence-electron chi connectivity index (χ2n) is 13.8. The van der Waals surface area contributed by atoms with Crippen LogP contribution in [0.2, 0.25) is 0 Å². The maximum atomic E-state index is 5.10. The van der Waals surface area contributed by atoms with Crippen molar-refractivity contribution >= 4 is 0 Å². The summed E-state index contributed by atoms with van der Waals surface area (Å²) in [5.41, 5.74) is 2.84. The van der Waals surface area contributed by atoms with Crippen LogP contribution in [0.15, 0.2) is 73.1 Å². The molecule has 0 N–H and O–H groups in total. The summed E-state index contributed by atoms with van der Waals surface area (Å²) < 4.78 is 2.50. The Morgan fingerprint density at radius 2 is 1.07 bits per heavy atom. The van der Waals surface area contributed by atoms with Gasteiger partial charge in [0.1, 0.15) is 5.82 Å². The zero-order valence-corrected chi connectivity index (χ0v) is 29.0. The van der Waals surface area contributed by atoms with Crippen LogP contribution in [-0.4, -0.2) is 9.55 Å². The average molecular weight is 599 g/mol. The number of aromatic nitrogens is 2. The van der Waals surface area contributed by atoms with E-state index in [0.29, 0.717) is 5.92 Å². The molecule has 2 atom stereocenters. The van der Waals surface area contributed by atoms with Gasteiger partial charge in [-0.1, -0.05) is 197 Å². The van der Waals surface area contributed by atoms with Gasteiger partial charge in [-0.2, -0.15) is 0 Å². The fourth-order valence-electron chi connectivity index (χ4n) is 7.25. The second kappa shape index (κ2) is 22.2. The van der Waals surface area contributed by atoms with E-state index in [0.717, 1.165) is 13.0 Å². The van der Waals surface area contributed by atoms with E-state index in [1.165, 1.54) is 145 Å². The molecule has 0 aliphatic heterocycles. The molecule has 2 aromatic carbocycles. The molecule has 0 amide bonds. The maximum Gasteiger partial charge on any atom is 0.112 e. The predicted molar refractivity (Wildman–Crippen MR) is 193 cm³/mol. The van der Waals surface area contributed by atoms with Gasteiger partial charge in [0.05, 0.1) is 0 Å². The summed E-state index contributed by atoms with van der Waals surface area (Å²) in [7, 11) is 0. The van der Waals surface area contributed by atoms with Crippen LogP contribution in [0.25, 0.3) is 0 Å². The molecule has 44 heavy (non-hydrogen) atoms. The summed E-state index contributed by atoms with van der Waals surface area (Å²) in [6, 6.07) is 22.5. The Morgan fingerprint density at radius 3 is 1.61 bits per heavy atom. The SMILES string of the molecule is CCCCCCCCCCCCCCCCCC(c1nccn1CCCCCC)C(C)(Cc1ccccc1)c1ccccc1. The Labute approximate surface area is 272 Å². The molecular weight excluding hydrogens is 532 g/mol.